The summed E-state index contributed by atoms with van der Waals surface area (Å²) >= 11 is 0. The SMILES string of the molecule is O=C(Nc1ccc(S(=O)(=O)N2CCCCC2)cc1)c1cc(-c2ccc3c(c2)OCCO3)on1. The van der Waals surface area contributed by atoms with Crippen LogP contribution < -0.4 is 14.8 Å². The Kier molecular flexibility index (Phi) is 5.77. The molecule has 5 rings (SSSR count). The van der Waals surface area contributed by atoms with E-state index in [-0.39, 0.29) is 10.6 Å². The van der Waals surface area contributed by atoms with Gasteiger partial charge in [-0.1, -0.05) is 11.6 Å². The van der Waals surface area contributed by atoms with Crippen molar-refractivity contribution < 1.29 is 27.2 Å². The molecule has 0 spiro atoms. The standard InChI is InChI=1S/C23H23N3O6S/c27-23(19-15-21(32-25-19)16-4-9-20-22(14-16)31-13-12-30-20)24-17-5-7-18(8-6-17)33(28,29)26-10-2-1-3-11-26/h4-9,14-15H,1-3,10-13H2,(H,24,27). The number of nitrogens with one attached hydrogen (secondary N) is 1. The molecule has 9 nitrogen and oxygen atoms in total. The highest BCUT2D eigenvalue weighted by Crippen LogP contribution is 2.34. The Morgan fingerprint density at radius 1 is 0.909 bits per heavy atom. The van der Waals surface area contributed by atoms with E-state index in [0.717, 1.165) is 19.3 Å². The second-order valence-electron chi connectivity index (χ2n) is 7.88. The molecule has 33 heavy (non-hydrogen) atoms. The molecule has 1 fully saturated rings. The van der Waals surface area contributed by atoms with Gasteiger partial charge < -0.3 is 19.3 Å². The lowest BCUT2D eigenvalue weighted by Gasteiger charge is -2.25. The summed E-state index contributed by atoms with van der Waals surface area (Å²) in [5.41, 5.74) is 1.27. The van der Waals surface area contributed by atoms with Gasteiger partial charge in [0.1, 0.15) is 13.2 Å². The number of hydrogen-bond donors (Lipinski definition) is 1. The molecular weight excluding hydrogens is 446 g/mol. The Hall–Kier alpha value is -3.37. The molecule has 10 heteroatoms. The Balaban J connectivity index is 1.27. The molecule has 0 aliphatic carbocycles. The van der Waals surface area contributed by atoms with Crippen LogP contribution in [0.25, 0.3) is 11.3 Å². The van der Waals surface area contributed by atoms with Crippen molar-refractivity contribution in [3.05, 3.63) is 54.2 Å². The minimum absolute atomic E-state index is 0.102. The molecule has 2 aliphatic heterocycles. The lowest BCUT2D eigenvalue weighted by molar-refractivity contribution is 0.101. The van der Waals surface area contributed by atoms with Crippen LogP contribution in [0.2, 0.25) is 0 Å². The minimum Gasteiger partial charge on any atom is -0.486 e. The zero-order chi connectivity index (χ0) is 22.8. The number of carbonyl (C=O) groups is 1. The van der Waals surface area contributed by atoms with E-state index in [1.807, 2.05) is 0 Å². The van der Waals surface area contributed by atoms with E-state index in [9.17, 15) is 13.2 Å². The molecule has 0 unspecified atom stereocenters. The smallest absolute Gasteiger partial charge is 0.277 e. The van der Waals surface area contributed by atoms with Crippen LogP contribution in [0, 0.1) is 0 Å². The zero-order valence-electron chi connectivity index (χ0n) is 17.8. The first-order valence-electron chi connectivity index (χ1n) is 10.8. The molecule has 1 amide bonds. The van der Waals surface area contributed by atoms with Crippen LogP contribution in [-0.4, -0.2) is 50.1 Å². The van der Waals surface area contributed by atoms with Crippen molar-refractivity contribution in [1.29, 1.82) is 0 Å². The normalized spacial score (nSPS) is 16.4. The summed E-state index contributed by atoms with van der Waals surface area (Å²) in [4.78, 5) is 12.8. The van der Waals surface area contributed by atoms with Gasteiger partial charge in [0.25, 0.3) is 5.91 Å². The maximum Gasteiger partial charge on any atom is 0.277 e. The van der Waals surface area contributed by atoms with Crippen molar-refractivity contribution in [2.75, 3.05) is 31.6 Å². The first-order valence-corrected chi connectivity index (χ1v) is 12.2. The number of fused-ring (bicyclic) bond motifs is 1. The lowest BCUT2D eigenvalue weighted by atomic mass is 10.1. The fraction of sp³-hybridized carbons (Fsp3) is 0.304. The van der Waals surface area contributed by atoms with Crippen molar-refractivity contribution in [3.63, 3.8) is 0 Å². The molecule has 3 heterocycles. The maximum atomic E-state index is 12.8. The summed E-state index contributed by atoms with van der Waals surface area (Å²) in [6.45, 7) is 2.06. The zero-order valence-corrected chi connectivity index (χ0v) is 18.6. The minimum atomic E-state index is -3.52. The van der Waals surface area contributed by atoms with Crippen LogP contribution in [0.15, 0.2) is 57.9 Å². The highest BCUT2D eigenvalue weighted by atomic mass is 32.2. The first kappa shape index (κ1) is 21.5. The largest absolute Gasteiger partial charge is 0.486 e. The predicted molar refractivity (Wildman–Crippen MR) is 120 cm³/mol. The lowest BCUT2D eigenvalue weighted by Crippen LogP contribution is -2.35. The average molecular weight is 470 g/mol. The number of benzene rings is 2. The van der Waals surface area contributed by atoms with Crippen LogP contribution in [0.4, 0.5) is 5.69 Å². The van der Waals surface area contributed by atoms with Crippen LogP contribution >= 0.6 is 0 Å². The molecule has 0 radical (unpaired) electrons. The third kappa shape index (κ3) is 4.44. The molecule has 1 saturated heterocycles. The van der Waals surface area contributed by atoms with Crippen molar-refractivity contribution in [3.8, 4) is 22.8 Å². The Morgan fingerprint density at radius 3 is 2.39 bits per heavy atom. The van der Waals surface area contributed by atoms with Gasteiger partial charge in [0.2, 0.25) is 10.0 Å². The third-order valence-corrected chi connectivity index (χ3v) is 7.55. The number of carbonyl (C=O) groups excluding carboxylic acids is 1. The summed E-state index contributed by atoms with van der Waals surface area (Å²) in [5.74, 6) is 1.23. The van der Waals surface area contributed by atoms with Crippen LogP contribution in [-0.2, 0) is 10.0 Å². The van der Waals surface area contributed by atoms with E-state index in [1.54, 1.807) is 30.3 Å². The quantitative estimate of drug-likeness (QED) is 0.608. The Labute approximate surface area is 191 Å². The van der Waals surface area contributed by atoms with E-state index in [4.69, 9.17) is 14.0 Å². The number of piperidine rings is 1. The molecule has 2 aliphatic rings. The molecule has 1 aromatic heterocycles. The summed E-state index contributed by atoms with van der Waals surface area (Å²) in [6, 6.07) is 13.0. The fourth-order valence-corrected chi connectivity index (χ4v) is 5.39. The molecule has 1 N–H and O–H groups in total. The average Bonchev–Trinajstić information content (AvgIpc) is 3.35. The van der Waals surface area contributed by atoms with Crippen LogP contribution in [0.1, 0.15) is 29.8 Å². The van der Waals surface area contributed by atoms with E-state index < -0.39 is 15.9 Å². The second-order valence-corrected chi connectivity index (χ2v) is 9.82. The van der Waals surface area contributed by atoms with Crippen LogP contribution in [0.5, 0.6) is 11.5 Å². The van der Waals surface area contributed by atoms with E-state index in [2.05, 4.69) is 10.5 Å². The van der Waals surface area contributed by atoms with Gasteiger partial charge in [0, 0.05) is 30.4 Å². The second kappa shape index (κ2) is 8.87. The van der Waals surface area contributed by atoms with E-state index in [1.165, 1.54) is 22.5 Å². The van der Waals surface area contributed by atoms with E-state index in [0.29, 0.717) is 54.8 Å². The number of anilines is 1. The monoisotopic (exact) mass is 469 g/mol. The van der Waals surface area contributed by atoms with Gasteiger partial charge in [-0.3, -0.25) is 4.79 Å². The van der Waals surface area contributed by atoms with Gasteiger partial charge >= 0.3 is 0 Å². The molecule has 0 saturated carbocycles. The van der Waals surface area contributed by atoms with Gasteiger partial charge in [-0.15, -0.1) is 0 Å². The Bertz CT molecular complexity index is 1260. The summed E-state index contributed by atoms with van der Waals surface area (Å²) in [5, 5.41) is 6.57. The third-order valence-electron chi connectivity index (χ3n) is 5.63. The summed E-state index contributed by atoms with van der Waals surface area (Å²) < 4.78 is 43.5. The molecule has 2 aromatic carbocycles. The highest BCUT2D eigenvalue weighted by molar-refractivity contribution is 7.89. The van der Waals surface area contributed by atoms with Crippen molar-refractivity contribution >= 4 is 21.6 Å². The van der Waals surface area contributed by atoms with Crippen molar-refractivity contribution in [2.45, 2.75) is 24.2 Å². The van der Waals surface area contributed by atoms with Gasteiger partial charge in [-0.2, -0.15) is 4.31 Å². The summed E-state index contributed by atoms with van der Waals surface area (Å²) in [7, 11) is -3.52. The highest BCUT2D eigenvalue weighted by Gasteiger charge is 2.26. The fourth-order valence-electron chi connectivity index (χ4n) is 3.87. The van der Waals surface area contributed by atoms with Crippen LogP contribution in [0.3, 0.4) is 0 Å². The number of ether oxygens (including phenoxy) is 2. The first-order chi connectivity index (χ1) is 16.0. The number of rotatable bonds is 5. The van der Waals surface area contributed by atoms with Crippen molar-refractivity contribution in [2.24, 2.45) is 0 Å². The predicted octanol–water partition coefficient (Wildman–Crippen LogP) is 3.54. The summed E-state index contributed by atoms with van der Waals surface area (Å²) in [6.07, 6.45) is 2.80. The van der Waals surface area contributed by atoms with E-state index >= 15 is 0 Å². The molecular formula is C23H23N3O6S. The number of hydrogen-bond acceptors (Lipinski definition) is 7. The number of sulfonamides is 1. The molecule has 172 valence electrons. The van der Waals surface area contributed by atoms with Gasteiger partial charge in [0.05, 0.1) is 4.90 Å². The number of aromatic nitrogens is 1. The number of nitrogens with zero attached hydrogens (tertiary/aromatic N) is 2. The molecule has 3 aromatic rings. The van der Waals surface area contributed by atoms with Gasteiger partial charge in [-0.25, -0.2) is 8.42 Å². The molecule has 0 atom stereocenters. The molecule has 0 bridgehead atoms. The van der Waals surface area contributed by atoms with Crippen molar-refractivity contribution in [1.82, 2.24) is 9.46 Å². The Morgan fingerprint density at radius 2 is 1.64 bits per heavy atom. The van der Waals surface area contributed by atoms with Gasteiger partial charge in [0.15, 0.2) is 23.0 Å². The van der Waals surface area contributed by atoms with Gasteiger partial charge in [-0.05, 0) is 55.3 Å². The topological polar surface area (TPSA) is 111 Å². The number of amides is 1. The maximum absolute atomic E-state index is 12.8.